The maximum absolute atomic E-state index is 12.8. The summed E-state index contributed by atoms with van der Waals surface area (Å²) in [5.74, 6) is -0.233. The normalized spacial score (nSPS) is 22.5. The van der Waals surface area contributed by atoms with Crippen LogP contribution in [0, 0.1) is 0 Å². The summed E-state index contributed by atoms with van der Waals surface area (Å²) < 4.78 is 49.0. The molecule has 24 heavy (non-hydrogen) atoms. The lowest BCUT2D eigenvalue weighted by Crippen LogP contribution is -2.53. The van der Waals surface area contributed by atoms with Gasteiger partial charge in [0.2, 0.25) is 5.95 Å². The number of anilines is 1. The Bertz CT molecular complexity index is 593. The summed E-state index contributed by atoms with van der Waals surface area (Å²) in [6, 6.07) is 0.820. The molecule has 2 saturated heterocycles. The maximum Gasteiger partial charge on any atom is 0.433 e. The van der Waals surface area contributed by atoms with E-state index >= 15 is 0 Å². The lowest BCUT2D eigenvalue weighted by molar-refractivity contribution is -0.148. The molecule has 1 aromatic rings. The van der Waals surface area contributed by atoms with Gasteiger partial charge in [-0.1, -0.05) is 0 Å². The van der Waals surface area contributed by atoms with Gasteiger partial charge in [0.15, 0.2) is 6.10 Å². The van der Waals surface area contributed by atoms with Crippen LogP contribution >= 0.6 is 0 Å². The van der Waals surface area contributed by atoms with E-state index in [4.69, 9.17) is 9.47 Å². The third kappa shape index (κ3) is 3.75. The number of morpholine rings is 2. The number of amides is 1. The molecule has 7 nitrogen and oxygen atoms in total. The number of halogens is 3. The van der Waals surface area contributed by atoms with E-state index in [0.717, 1.165) is 12.3 Å². The molecule has 3 heterocycles. The zero-order valence-corrected chi connectivity index (χ0v) is 12.8. The molecule has 1 aromatic heterocycles. The van der Waals surface area contributed by atoms with E-state index in [-0.39, 0.29) is 25.0 Å². The molecule has 0 aliphatic carbocycles. The van der Waals surface area contributed by atoms with Gasteiger partial charge >= 0.3 is 6.18 Å². The van der Waals surface area contributed by atoms with Gasteiger partial charge < -0.3 is 19.3 Å². The second kappa shape index (κ2) is 6.89. The predicted octanol–water partition coefficient (Wildman–Crippen LogP) is 0.559. The predicted molar refractivity (Wildman–Crippen MR) is 76.4 cm³/mol. The van der Waals surface area contributed by atoms with Gasteiger partial charge in [-0.15, -0.1) is 0 Å². The van der Waals surface area contributed by atoms with E-state index in [1.54, 1.807) is 9.80 Å². The number of carbonyl (C=O) groups excluding carboxylic acids is 1. The second-order valence-corrected chi connectivity index (χ2v) is 5.48. The SMILES string of the molecule is O=C(C1CN(c2nccc(C(F)(F)F)n2)CCO1)N1CCOCC1. The highest BCUT2D eigenvalue weighted by Crippen LogP contribution is 2.28. The van der Waals surface area contributed by atoms with Crippen LogP contribution in [0.3, 0.4) is 0 Å². The molecule has 1 unspecified atom stereocenters. The lowest BCUT2D eigenvalue weighted by atomic mass is 10.2. The van der Waals surface area contributed by atoms with E-state index in [0.29, 0.717) is 32.8 Å². The number of carbonyl (C=O) groups is 1. The first-order valence-corrected chi connectivity index (χ1v) is 7.58. The molecule has 0 radical (unpaired) electrons. The summed E-state index contributed by atoms with van der Waals surface area (Å²) in [6.45, 7) is 2.58. The van der Waals surface area contributed by atoms with Crippen molar-refractivity contribution < 1.29 is 27.4 Å². The highest BCUT2D eigenvalue weighted by Gasteiger charge is 2.35. The number of hydrogen-bond acceptors (Lipinski definition) is 6. The molecular weight excluding hydrogens is 329 g/mol. The van der Waals surface area contributed by atoms with Gasteiger partial charge in [0.25, 0.3) is 5.91 Å². The third-order valence-electron chi connectivity index (χ3n) is 3.88. The van der Waals surface area contributed by atoms with Crippen LogP contribution < -0.4 is 4.90 Å². The van der Waals surface area contributed by atoms with Crippen molar-refractivity contribution in [2.45, 2.75) is 12.3 Å². The minimum Gasteiger partial charge on any atom is -0.378 e. The Morgan fingerprint density at radius 3 is 2.67 bits per heavy atom. The molecule has 1 atom stereocenters. The molecular formula is C14H17F3N4O3. The average Bonchev–Trinajstić information content (AvgIpc) is 2.61. The van der Waals surface area contributed by atoms with Crippen molar-refractivity contribution in [3.05, 3.63) is 18.0 Å². The zero-order chi connectivity index (χ0) is 17.2. The fraction of sp³-hybridized carbons (Fsp3) is 0.643. The Morgan fingerprint density at radius 1 is 1.21 bits per heavy atom. The van der Waals surface area contributed by atoms with Crippen molar-refractivity contribution in [3.8, 4) is 0 Å². The molecule has 1 amide bonds. The summed E-state index contributed by atoms with van der Waals surface area (Å²) in [6.07, 6.45) is -4.21. The number of nitrogens with zero attached hydrogens (tertiary/aromatic N) is 4. The van der Waals surface area contributed by atoms with Crippen LogP contribution in [0.5, 0.6) is 0 Å². The first kappa shape index (κ1) is 16.9. The highest BCUT2D eigenvalue weighted by molar-refractivity contribution is 5.82. The summed E-state index contributed by atoms with van der Waals surface area (Å²) in [4.78, 5) is 23.1. The first-order valence-electron chi connectivity index (χ1n) is 7.58. The van der Waals surface area contributed by atoms with Crippen LogP contribution in [0.4, 0.5) is 19.1 Å². The number of rotatable bonds is 2. The van der Waals surface area contributed by atoms with Crippen molar-refractivity contribution in [3.63, 3.8) is 0 Å². The van der Waals surface area contributed by atoms with Gasteiger partial charge in [-0.2, -0.15) is 13.2 Å². The smallest absolute Gasteiger partial charge is 0.378 e. The summed E-state index contributed by atoms with van der Waals surface area (Å²) in [5, 5.41) is 0. The fourth-order valence-electron chi connectivity index (χ4n) is 2.63. The van der Waals surface area contributed by atoms with E-state index < -0.39 is 18.0 Å². The van der Waals surface area contributed by atoms with Crippen LogP contribution in [-0.2, 0) is 20.4 Å². The third-order valence-corrected chi connectivity index (χ3v) is 3.88. The molecule has 3 rings (SSSR count). The molecule has 0 N–H and O–H groups in total. The van der Waals surface area contributed by atoms with Crippen molar-refractivity contribution in [1.82, 2.24) is 14.9 Å². The molecule has 0 aromatic carbocycles. The van der Waals surface area contributed by atoms with Crippen LogP contribution in [0.2, 0.25) is 0 Å². The fourth-order valence-corrected chi connectivity index (χ4v) is 2.63. The number of aromatic nitrogens is 2. The monoisotopic (exact) mass is 346 g/mol. The van der Waals surface area contributed by atoms with Gasteiger partial charge in [0, 0.05) is 25.8 Å². The largest absolute Gasteiger partial charge is 0.433 e. The summed E-state index contributed by atoms with van der Waals surface area (Å²) >= 11 is 0. The molecule has 0 bridgehead atoms. The quantitative estimate of drug-likeness (QED) is 0.780. The molecule has 2 aliphatic rings. The van der Waals surface area contributed by atoms with Crippen LogP contribution in [0.25, 0.3) is 0 Å². The molecule has 2 fully saturated rings. The van der Waals surface area contributed by atoms with Crippen LogP contribution in [0.1, 0.15) is 5.69 Å². The standard InChI is InChI=1S/C14H17F3N4O3/c15-14(16,17)11-1-2-18-13(19-11)21-5-8-24-10(9-21)12(22)20-3-6-23-7-4-20/h1-2,10H,3-9H2. The Hall–Kier alpha value is -1.94. The topological polar surface area (TPSA) is 67.8 Å². The molecule has 10 heteroatoms. The summed E-state index contributed by atoms with van der Waals surface area (Å²) in [7, 11) is 0. The first-order chi connectivity index (χ1) is 11.4. The average molecular weight is 346 g/mol. The van der Waals surface area contributed by atoms with Crippen molar-refractivity contribution in [1.29, 1.82) is 0 Å². The van der Waals surface area contributed by atoms with E-state index in [1.165, 1.54) is 0 Å². The lowest BCUT2D eigenvalue weighted by Gasteiger charge is -2.36. The van der Waals surface area contributed by atoms with Crippen molar-refractivity contribution >= 4 is 11.9 Å². The van der Waals surface area contributed by atoms with Crippen molar-refractivity contribution in [2.24, 2.45) is 0 Å². The minimum atomic E-state index is -4.53. The van der Waals surface area contributed by atoms with Gasteiger partial charge in [-0.25, -0.2) is 9.97 Å². The second-order valence-electron chi connectivity index (χ2n) is 5.48. The van der Waals surface area contributed by atoms with Gasteiger partial charge in [0.05, 0.1) is 26.4 Å². The number of ether oxygens (including phenoxy) is 2. The Kier molecular flexibility index (Phi) is 4.86. The van der Waals surface area contributed by atoms with E-state index in [2.05, 4.69) is 9.97 Å². The van der Waals surface area contributed by atoms with Crippen LogP contribution in [-0.4, -0.2) is 72.9 Å². The molecule has 0 spiro atoms. The van der Waals surface area contributed by atoms with E-state index in [9.17, 15) is 18.0 Å². The highest BCUT2D eigenvalue weighted by atomic mass is 19.4. The summed E-state index contributed by atoms with van der Waals surface area (Å²) in [5.41, 5.74) is -1.00. The molecule has 0 saturated carbocycles. The van der Waals surface area contributed by atoms with E-state index in [1.807, 2.05) is 0 Å². The number of hydrogen-bond donors (Lipinski definition) is 0. The van der Waals surface area contributed by atoms with Gasteiger partial charge in [-0.05, 0) is 6.07 Å². The maximum atomic E-state index is 12.8. The van der Waals surface area contributed by atoms with Crippen LogP contribution in [0.15, 0.2) is 12.3 Å². The van der Waals surface area contributed by atoms with Crippen molar-refractivity contribution in [2.75, 3.05) is 50.9 Å². The van der Waals surface area contributed by atoms with Gasteiger partial charge in [-0.3, -0.25) is 4.79 Å². The Labute approximate surface area is 136 Å². The number of alkyl halides is 3. The zero-order valence-electron chi connectivity index (χ0n) is 12.8. The van der Waals surface area contributed by atoms with Gasteiger partial charge in [0.1, 0.15) is 5.69 Å². The molecule has 132 valence electrons. The Balaban J connectivity index is 1.70. The Morgan fingerprint density at radius 2 is 1.96 bits per heavy atom. The minimum absolute atomic E-state index is 0.0482. The molecule has 2 aliphatic heterocycles.